The van der Waals surface area contributed by atoms with E-state index in [9.17, 15) is 4.79 Å². The van der Waals surface area contributed by atoms with E-state index in [1.807, 2.05) is 0 Å². The quantitative estimate of drug-likeness (QED) is 0.906. The first-order chi connectivity index (χ1) is 9.52. The van der Waals surface area contributed by atoms with Crippen molar-refractivity contribution in [3.05, 3.63) is 40.1 Å². The van der Waals surface area contributed by atoms with Gasteiger partial charge in [-0.1, -0.05) is 28.4 Å². The van der Waals surface area contributed by atoms with Crippen LogP contribution in [0.25, 0.3) is 0 Å². The lowest BCUT2D eigenvalue weighted by molar-refractivity contribution is -0.119. The molecule has 0 aliphatic rings. The summed E-state index contributed by atoms with van der Waals surface area (Å²) in [7, 11) is 0. The summed E-state index contributed by atoms with van der Waals surface area (Å²) < 4.78 is 1.47. The number of hydrogen-bond donors (Lipinski definition) is 2. The number of anilines is 1. The molecule has 2 rings (SSSR count). The van der Waals surface area contributed by atoms with E-state index in [0.29, 0.717) is 21.4 Å². The predicted octanol–water partition coefficient (Wildman–Crippen LogP) is 2.24. The molecule has 0 radical (unpaired) electrons. The van der Waals surface area contributed by atoms with Crippen LogP contribution in [0.4, 0.5) is 5.69 Å². The zero-order valence-corrected chi connectivity index (χ0v) is 12.2. The Morgan fingerprint density at radius 3 is 2.95 bits per heavy atom. The second-order valence-electron chi connectivity index (χ2n) is 4.16. The average Bonchev–Trinajstić information content (AvgIpc) is 2.90. The number of benzene rings is 1. The van der Waals surface area contributed by atoms with Gasteiger partial charge >= 0.3 is 0 Å². The van der Waals surface area contributed by atoms with Gasteiger partial charge in [0.15, 0.2) is 0 Å². The van der Waals surface area contributed by atoms with Crippen LogP contribution >= 0.6 is 23.2 Å². The summed E-state index contributed by atoms with van der Waals surface area (Å²) in [6.07, 6.45) is 1.52. The zero-order chi connectivity index (χ0) is 14.7. The van der Waals surface area contributed by atoms with E-state index in [1.54, 1.807) is 25.1 Å². The number of rotatable bonds is 4. The molecule has 1 aromatic carbocycles. The second kappa shape index (κ2) is 6.21. The molecule has 8 heteroatoms. The van der Waals surface area contributed by atoms with Gasteiger partial charge < -0.3 is 11.1 Å². The molecule has 3 N–H and O–H groups in total. The number of halogens is 2. The van der Waals surface area contributed by atoms with E-state index in [1.165, 1.54) is 10.9 Å². The molecule has 1 aromatic heterocycles. The third kappa shape index (κ3) is 3.09. The Morgan fingerprint density at radius 1 is 1.50 bits per heavy atom. The Bertz CT molecular complexity index is 628. The van der Waals surface area contributed by atoms with Crippen LogP contribution < -0.4 is 11.1 Å². The molecule has 0 saturated carbocycles. The van der Waals surface area contributed by atoms with Gasteiger partial charge in [-0.05, 0) is 25.1 Å². The fourth-order valence-corrected chi connectivity index (χ4v) is 2.02. The molecule has 1 atom stereocenters. The van der Waals surface area contributed by atoms with Crippen LogP contribution in [-0.4, -0.2) is 20.9 Å². The molecular weight excluding hydrogens is 301 g/mol. The molecule has 0 spiro atoms. The summed E-state index contributed by atoms with van der Waals surface area (Å²) in [5, 5.41) is 11.2. The molecule has 1 unspecified atom stereocenters. The van der Waals surface area contributed by atoms with Crippen molar-refractivity contribution in [3.63, 3.8) is 0 Å². The SMILES string of the molecule is CC(C(=O)Nc1cc(Cl)ccc1Cl)n1nncc1CN. The van der Waals surface area contributed by atoms with E-state index < -0.39 is 6.04 Å². The van der Waals surface area contributed by atoms with E-state index in [0.717, 1.165) is 0 Å². The molecule has 106 valence electrons. The van der Waals surface area contributed by atoms with Crippen molar-refractivity contribution < 1.29 is 4.79 Å². The second-order valence-corrected chi connectivity index (χ2v) is 5.01. The Morgan fingerprint density at radius 2 is 2.25 bits per heavy atom. The highest BCUT2D eigenvalue weighted by Gasteiger charge is 2.19. The lowest BCUT2D eigenvalue weighted by Gasteiger charge is -2.15. The van der Waals surface area contributed by atoms with Gasteiger partial charge in [-0.2, -0.15) is 0 Å². The van der Waals surface area contributed by atoms with Crippen molar-refractivity contribution in [1.29, 1.82) is 0 Å². The molecule has 2 aromatic rings. The van der Waals surface area contributed by atoms with Gasteiger partial charge in [-0.25, -0.2) is 4.68 Å². The monoisotopic (exact) mass is 313 g/mol. The van der Waals surface area contributed by atoms with Crippen molar-refractivity contribution in [2.45, 2.75) is 19.5 Å². The van der Waals surface area contributed by atoms with Crippen molar-refractivity contribution in [2.24, 2.45) is 5.73 Å². The van der Waals surface area contributed by atoms with E-state index in [-0.39, 0.29) is 12.5 Å². The van der Waals surface area contributed by atoms with Crippen LogP contribution in [0, 0.1) is 0 Å². The Kier molecular flexibility index (Phi) is 4.59. The molecule has 0 aliphatic heterocycles. The van der Waals surface area contributed by atoms with Gasteiger partial charge in [-0.3, -0.25) is 4.79 Å². The van der Waals surface area contributed by atoms with Gasteiger partial charge in [0.05, 0.1) is 22.6 Å². The number of nitrogens with zero attached hydrogens (tertiary/aromatic N) is 3. The maximum Gasteiger partial charge on any atom is 0.249 e. The smallest absolute Gasteiger partial charge is 0.249 e. The van der Waals surface area contributed by atoms with Crippen LogP contribution in [-0.2, 0) is 11.3 Å². The fourth-order valence-electron chi connectivity index (χ4n) is 1.68. The summed E-state index contributed by atoms with van der Waals surface area (Å²) in [5.74, 6) is -0.283. The first-order valence-electron chi connectivity index (χ1n) is 5.88. The Balaban J connectivity index is 2.18. The summed E-state index contributed by atoms with van der Waals surface area (Å²) in [5.41, 5.74) is 6.68. The van der Waals surface area contributed by atoms with Gasteiger partial charge in [0.1, 0.15) is 6.04 Å². The summed E-state index contributed by atoms with van der Waals surface area (Å²) in [4.78, 5) is 12.2. The molecule has 1 amide bonds. The van der Waals surface area contributed by atoms with Gasteiger partial charge in [0.2, 0.25) is 5.91 Å². The minimum Gasteiger partial charge on any atom is -0.325 e. The number of amides is 1. The third-order valence-electron chi connectivity index (χ3n) is 2.79. The van der Waals surface area contributed by atoms with Crippen molar-refractivity contribution in [1.82, 2.24) is 15.0 Å². The van der Waals surface area contributed by atoms with Crippen LogP contribution in [0.1, 0.15) is 18.7 Å². The number of aromatic nitrogens is 3. The summed E-state index contributed by atoms with van der Waals surface area (Å²) in [6, 6.07) is 4.28. The van der Waals surface area contributed by atoms with Gasteiger partial charge in [0.25, 0.3) is 0 Å². The van der Waals surface area contributed by atoms with Crippen LogP contribution in [0.2, 0.25) is 10.0 Å². The van der Waals surface area contributed by atoms with Crippen molar-refractivity contribution >= 4 is 34.8 Å². The van der Waals surface area contributed by atoms with Crippen molar-refractivity contribution in [3.8, 4) is 0 Å². The number of nitrogens with one attached hydrogen (secondary N) is 1. The van der Waals surface area contributed by atoms with Crippen LogP contribution in [0.5, 0.6) is 0 Å². The Hall–Kier alpha value is -1.63. The number of carbonyl (C=O) groups excluding carboxylic acids is 1. The highest BCUT2D eigenvalue weighted by atomic mass is 35.5. The molecule has 0 saturated heterocycles. The van der Waals surface area contributed by atoms with E-state index in [2.05, 4.69) is 15.6 Å². The molecule has 0 aliphatic carbocycles. The minimum absolute atomic E-state index is 0.253. The van der Waals surface area contributed by atoms with E-state index >= 15 is 0 Å². The summed E-state index contributed by atoms with van der Waals surface area (Å²) >= 11 is 11.9. The lowest BCUT2D eigenvalue weighted by atomic mass is 10.2. The third-order valence-corrected chi connectivity index (χ3v) is 3.36. The van der Waals surface area contributed by atoms with Crippen LogP contribution in [0.3, 0.4) is 0 Å². The van der Waals surface area contributed by atoms with Gasteiger partial charge in [0, 0.05) is 11.6 Å². The average molecular weight is 314 g/mol. The number of carbonyl (C=O) groups is 1. The lowest BCUT2D eigenvalue weighted by Crippen LogP contribution is -2.26. The number of hydrogen-bond acceptors (Lipinski definition) is 4. The fraction of sp³-hybridized carbons (Fsp3) is 0.250. The molecule has 20 heavy (non-hydrogen) atoms. The predicted molar refractivity (Wildman–Crippen MR) is 77.7 cm³/mol. The summed E-state index contributed by atoms with van der Waals surface area (Å²) in [6.45, 7) is 1.95. The molecular formula is C12H13Cl2N5O. The highest BCUT2D eigenvalue weighted by molar-refractivity contribution is 6.35. The first kappa shape index (κ1) is 14.8. The normalized spacial score (nSPS) is 12.2. The largest absolute Gasteiger partial charge is 0.325 e. The topological polar surface area (TPSA) is 85.8 Å². The maximum atomic E-state index is 12.2. The Labute approximate surface area is 125 Å². The molecule has 1 heterocycles. The minimum atomic E-state index is -0.564. The molecule has 6 nitrogen and oxygen atoms in total. The van der Waals surface area contributed by atoms with E-state index in [4.69, 9.17) is 28.9 Å². The van der Waals surface area contributed by atoms with Crippen LogP contribution in [0.15, 0.2) is 24.4 Å². The van der Waals surface area contributed by atoms with Crippen molar-refractivity contribution in [2.75, 3.05) is 5.32 Å². The molecule has 0 fully saturated rings. The number of nitrogens with two attached hydrogens (primary N) is 1. The zero-order valence-electron chi connectivity index (χ0n) is 10.7. The first-order valence-corrected chi connectivity index (χ1v) is 6.63. The van der Waals surface area contributed by atoms with Gasteiger partial charge in [-0.15, -0.1) is 5.10 Å². The molecule has 0 bridgehead atoms. The maximum absolute atomic E-state index is 12.2. The highest BCUT2D eigenvalue weighted by Crippen LogP contribution is 2.26. The standard InChI is InChI=1S/C12H13Cl2N5O/c1-7(19-9(5-15)6-16-18-19)12(20)17-11-4-8(13)2-3-10(11)14/h2-4,6-7H,5,15H2,1H3,(H,17,20).